The molecule has 0 aromatic heterocycles. The van der Waals surface area contributed by atoms with Gasteiger partial charge in [0.25, 0.3) is 0 Å². The first-order valence-corrected chi connectivity index (χ1v) is 5.97. The van der Waals surface area contributed by atoms with E-state index in [1.807, 2.05) is 0 Å². The molecule has 0 aliphatic heterocycles. The summed E-state index contributed by atoms with van der Waals surface area (Å²) >= 11 is 0. The smallest absolute Gasteiger partial charge is 0.406 e. The number of halogens is 3. The maximum atomic E-state index is 11.9. The van der Waals surface area contributed by atoms with Crippen LogP contribution in [0.2, 0.25) is 0 Å². The van der Waals surface area contributed by atoms with Crippen molar-refractivity contribution in [2.24, 2.45) is 5.92 Å². The number of aryl methyl sites for hydroxylation is 1. The van der Waals surface area contributed by atoms with Gasteiger partial charge in [0, 0.05) is 0 Å². The van der Waals surface area contributed by atoms with E-state index in [0.717, 1.165) is 18.4 Å². The number of alkyl halides is 3. The molecule has 1 aliphatic carbocycles. The molecule has 0 radical (unpaired) electrons. The van der Waals surface area contributed by atoms with E-state index >= 15 is 0 Å². The Bertz CT molecular complexity index is 382. The van der Waals surface area contributed by atoms with Crippen molar-refractivity contribution in [1.82, 2.24) is 0 Å². The normalized spacial score (nSPS) is 17.6. The average molecular weight is 260 g/mol. The molecule has 1 aliphatic rings. The highest BCUT2D eigenvalue weighted by molar-refractivity contribution is 5.27. The molecule has 2 nitrogen and oxygen atoms in total. The summed E-state index contributed by atoms with van der Waals surface area (Å²) in [6.45, 7) is 0. The van der Waals surface area contributed by atoms with E-state index in [9.17, 15) is 18.3 Å². The number of benzene rings is 1. The fraction of sp³-hybridized carbons (Fsp3) is 0.538. The zero-order valence-electron chi connectivity index (χ0n) is 9.78. The molecule has 0 bridgehead atoms. The number of hydrogen-bond acceptors (Lipinski definition) is 2. The highest BCUT2D eigenvalue weighted by atomic mass is 19.4. The van der Waals surface area contributed by atoms with Gasteiger partial charge in [-0.15, -0.1) is 13.2 Å². The second kappa shape index (κ2) is 5.18. The van der Waals surface area contributed by atoms with Gasteiger partial charge in [0.15, 0.2) is 0 Å². The van der Waals surface area contributed by atoms with Gasteiger partial charge in [0.2, 0.25) is 0 Å². The minimum absolute atomic E-state index is 0.214. The molecule has 5 heteroatoms. The summed E-state index contributed by atoms with van der Waals surface area (Å²) < 4.78 is 39.6. The van der Waals surface area contributed by atoms with Gasteiger partial charge >= 0.3 is 6.36 Å². The van der Waals surface area contributed by atoms with Crippen LogP contribution in [-0.4, -0.2) is 17.6 Å². The van der Waals surface area contributed by atoms with Crippen LogP contribution < -0.4 is 4.74 Å². The number of rotatable bonds is 5. The highest BCUT2D eigenvalue weighted by Crippen LogP contribution is 2.34. The largest absolute Gasteiger partial charge is 0.573 e. The maximum absolute atomic E-state index is 11.9. The molecule has 1 unspecified atom stereocenters. The standard InChI is InChI=1S/C13H15F3O2/c14-13(15,16)18-11-6-1-9(2-7-11)3-8-12(17)10-4-5-10/h1-2,6-7,10,12,17H,3-5,8H2. The maximum Gasteiger partial charge on any atom is 0.573 e. The minimum atomic E-state index is -4.65. The van der Waals surface area contributed by atoms with Crippen LogP contribution in [0.4, 0.5) is 13.2 Å². The summed E-state index contributed by atoms with van der Waals surface area (Å²) in [5.41, 5.74) is 0.907. The van der Waals surface area contributed by atoms with Crippen molar-refractivity contribution in [3.8, 4) is 5.75 Å². The third-order valence-electron chi connectivity index (χ3n) is 3.05. The molecule has 1 fully saturated rings. The SMILES string of the molecule is OC(CCc1ccc(OC(F)(F)F)cc1)C1CC1. The van der Waals surface area contributed by atoms with Crippen LogP contribution in [0.5, 0.6) is 5.75 Å². The van der Waals surface area contributed by atoms with Crippen molar-refractivity contribution in [2.45, 2.75) is 38.1 Å². The second-order valence-corrected chi connectivity index (χ2v) is 4.64. The number of ether oxygens (including phenoxy) is 1. The molecular formula is C13H15F3O2. The quantitative estimate of drug-likeness (QED) is 0.880. The lowest BCUT2D eigenvalue weighted by Crippen LogP contribution is -2.17. The van der Waals surface area contributed by atoms with Gasteiger partial charge in [-0.25, -0.2) is 0 Å². The fourth-order valence-corrected chi connectivity index (χ4v) is 1.89. The van der Waals surface area contributed by atoms with Crippen LogP contribution in [0.1, 0.15) is 24.8 Å². The van der Waals surface area contributed by atoms with Crippen LogP contribution in [0, 0.1) is 5.92 Å². The lowest BCUT2D eigenvalue weighted by molar-refractivity contribution is -0.274. The second-order valence-electron chi connectivity index (χ2n) is 4.64. The summed E-state index contributed by atoms with van der Waals surface area (Å²) in [6.07, 6.45) is -1.44. The van der Waals surface area contributed by atoms with Crippen LogP contribution >= 0.6 is 0 Å². The number of hydrogen-bond donors (Lipinski definition) is 1. The van der Waals surface area contributed by atoms with Crippen LogP contribution in [0.15, 0.2) is 24.3 Å². The molecule has 0 amide bonds. The minimum Gasteiger partial charge on any atom is -0.406 e. The number of aliphatic hydroxyl groups is 1. The van der Waals surface area contributed by atoms with E-state index in [0.29, 0.717) is 18.8 Å². The number of aliphatic hydroxyl groups excluding tert-OH is 1. The molecule has 1 saturated carbocycles. The Morgan fingerprint density at radius 3 is 2.33 bits per heavy atom. The lowest BCUT2D eigenvalue weighted by atomic mass is 10.0. The van der Waals surface area contributed by atoms with E-state index < -0.39 is 6.36 Å². The monoisotopic (exact) mass is 260 g/mol. The zero-order chi connectivity index (χ0) is 13.2. The Kier molecular flexibility index (Phi) is 3.80. The summed E-state index contributed by atoms with van der Waals surface area (Å²) in [5.74, 6) is 0.215. The Morgan fingerprint density at radius 2 is 1.83 bits per heavy atom. The van der Waals surface area contributed by atoms with Crippen LogP contribution in [-0.2, 0) is 6.42 Å². The summed E-state index contributed by atoms with van der Waals surface area (Å²) in [4.78, 5) is 0. The first kappa shape index (κ1) is 13.2. The summed E-state index contributed by atoms with van der Waals surface area (Å²) in [6, 6.07) is 5.79. The summed E-state index contributed by atoms with van der Waals surface area (Å²) in [7, 11) is 0. The van der Waals surface area contributed by atoms with E-state index in [1.165, 1.54) is 12.1 Å². The lowest BCUT2D eigenvalue weighted by Gasteiger charge is -2.10. The predicted molar refractivity (Wildman–Crippen MR) is 60.2 cm³/mol. The van der Waals surface area contributed by atoms with Crippen molar-refractivity contribution < 1.29 is 23.0 Å². The van der Waals surface area contributed by atoms with Crippen LogP contribution in [0.3, 0.4) is 0 Å². The van der Waals surface area contributed by atoms with Crippen molar-refractivity contribution in [3.63, 3.8) is 0 Å². The first-order valence-electron chi connectivity index (χ1n) is 5.97. The fourth-order valence-electron chi connectivity index (χ4n) is 1.89. The molecule has 1 aromatic rings. The van der Waals surface area contributed by atoms with Gasteiger partial charge in [-0.05, 0) is 49.3 Å². The molecule has 1 N–H and O–H groups in total. The Labute approximate surface area is 103 Å². The topological polar surface area (TPSA) is 29.5 Å². The predicted octanol–water partition coefficient (Wildman–Crippen LogP) is 3.29. The molecule has 100 valence electrons. The first-order chi connectivity index (χ1) is 8.44. The van der Waals surface area contributed by atoms with Crippen molar-refractivity contribution in [2.75, 3.05) is 0 Å². The van der Waals surface area contributed by atoms with Gasteiger partial charge in [-0.2, -0.15) is 0 Å². The molecular weight excluding hydrogens is 245 g/mol. The summed E-state index contributed by atoms with van der Waals surface area (Å²) in [5, 5.41) is 9.68. The van der Waals surface area contributed by atoms with Gasteiger partial charge in [0.05, 0.1) is 6.10 Å². The Morgan fingerprint density at radius 1 is 1.22 bits per heavy atom. The van der Waals surface area contributed by atoms with E-state index in [2.05, 4.69) is 4.74 Å². The van der Waals surface area contributed by atoms with Crippen molar-refractivity contribution >= 4 is 0 Å². The van der Waals surface area contributed by atoms with Gasteiger partial charge in [0.1, 0.15) is 5.75 Å². The molecule has 1 atom stereocenters. The van der Waals surface area contributed by atoms with E-state index in [4.69, 9.17) is 0 Å². The van der Waals surface area contributed by atoms with Gasteiger partial charge in [-0.3, -0.25) is 0 Å². The van der Waals surface area contributed by atoms with Crippen molar-refractivity contribution in [3.05, 3.63) is 29.8 Å². The molecule has 0 saturated heterocycles. The molecule has 18 heavy (non-hydrogen) atoms. The third kappa shape index (κ3) is 4.22. The average Bonchev–Trinajstić information content (AvgIpc) is 3.09. The molecule has 1 aromatic carbocycles. The third-order valence-corrected chi connectivity index (χ3v) is 3.05. The van der Waals surface area contributed by atoms with Crippen molar-refractivity contribution in [1.29, 1.82) is 0 Å². The highest BCUT2D eigenvalue weighted by Gasteiger charge is 2.31. The molecule has 0 heterocycles. The van der Waals surface area contributed by atoms with Gasteiger partial charge < -0.3 is 9.84 Å². The molecule has 0 spiro atoms. The molecule has 2 rings (SSSR count). The Hall–Kier alpha value is -1.23. The van der Waals surface area contributed by atoms with E-state index in [1.54, 1.807) is 12.1 Å². The zero-order valence-corrected chi connectivity index (χ0v) is 9.78. The van der Waals surface area contributed by atoms with Gasteiger partial charge in [-0.1, -0.05) is 12.1 Å². The van der Waals surface area contributed by atoms with E-state index in [-0.39, 0.29) is 11.9 Å². The van der Waals surface area contributed by atoms with Crippen LogP contribution in [0.25, 0.3) is 0 Å². The Balaban J connectivity index is 1.83.